The first-order valence-corrected chi connectivity index (χ1v) is 9.50. The molecule has 0 atom stereocenters. The number of carbonyl (C=O) groups excluding carboxylic acids is 1. The minimum Gasteiger partial charge on any atom is -0.493 e. The predicted octanol–water partition coefficient (Wildman–Crippen LogP) is 4.44. The molecule has 1 heterocycles. The van der Waals surface area contributed by atoms with Gasteiger partial charge < -0.3 is 19.2 Å². The number of ether oxygens (including phenoxy) is 2. The summed E-state index contributed by atoms with van der Waals surface area (Å²) in [6, 6.07) is 9.76. The molecule has 6 nitrogen and oxygen atoms in total. The van der Waals surface area contributed by atoms with Gasteiger partial charge in [-0.1, -0.05) is 0 Å². The van der Waals surface area contributed by atoms with E-state index in [0.717, 1.165) is 6.54 Å². The lowest BCUT2D eigenvalue weighted by molar-refractivity contribution is -0.111. The third-order valence-electron chi connectivity index (χ3n) is 4.31. The largest absolute Gasteiger partial charge is 0.493 e. The number of methoxy groups -OCH3 is 1. The molecular weight excluding hydrogens is 356 g/mol. The summed E-state index contributed by atoms with van der Waals surface area (Å²) in [6.45, 7) is 10.0. The fraction of sp³-hybridized carbons (Fsp3) is 0.409. The van der Waals surface area contributed by atoms with Gasteiger partial charge in [-0.3, -0.25) is 9.69 Å². The predicted molar refractivity (Wildman–Crippen MR) is 112 cm³/mol. The number of hydrogen-bond acceptors (Lipinski definition) is 5. The number of rotatable bonds is 10. The average molecular weight is 386 g/mol. The molecule has 1 amide bonds. The van der Waals surface area contributed by atoms with Gasteiger partial charge in [0.05, 0.1) is 13.4 Å². The van der Waals surface area contributed by atoms with Crippen LogP contribution >= 0.6 is 0 Å². The van der Waals surface area contributed by atoms with Crippen molar-refractivity contribution in [3.05, 3.63) is 48.4 Å². The Kier molecular flexibility index (Phi) is 8.14. The number of hydrogen-bond donors (Lipinski definition) is 1. The van der Waals surface area contributed by atoms with Gasteiger partial charge in [0, 0.05) is 36.5 Å². The van der Waals surface area contributed by atoms with E-state index in [9.17, 15) is 4.79 Å². The average Bonchev–Trinajstić information content (AvgIpc) is 3.16. The SMILES string of the molecule is COc1ccc(NC(=O)C=Cc2ccco2)cc1OCCN(C(C)C)C(C)C. The number of amides is 1. The van der Waals surface area contributed by atoms with E-state index in [1.54, 1.807) is 49.8 Å². The normalized spacial score (nSPS) is 11.6. The van der Waals surface area contributed by atoms with Crippen molar-refractivity contribution in [1.82, 2.24) is 4.90 Å². The van der Waals surface area contributed by atoms with Crippen LogP contribution in [0.2, 0.25) is 0 Å². The van der Waals surface area contributed by atoms with Crippen LogP contribution in [0.1, 0.15) is 33.5 Å². The summed E-state index contributed by atoms with van der Waals surface area (Å²) in [5.41, 5.74) is 0.634. The molecule has 6 heteroatoms. The number of carbonyl (C=O) groups is 1. The van der Waals surface area contributed by atoms with Gasteiger partial charge in [-0.05, 0) is 58.0 Å². The van der Waals surface area contributed by atoms with Crippen molar-refractivity contribution in [2.75, 3.05) is 25.6 Å². The van der Waals surface area contributed by atoms with Crippen LogP contribution in [0.25, 0.3) is 6.08 Å². The minimum atomic E-state index is -0.252. The quantitative estimate of drug-likeness (QED) is 0.612. The van der Waals surface area contributed by atoms with Gasteiger partial charge in [0.25, 0.3) is 0 Å². The van der Waals surface area contributed by atoms with Crippen molar-refractivity contribution in [2.24, 2.45) is 0 Å². The Morgan fingerprint density at radius 1 is 1.18 bits per heavy atom. The molecule has 0 bridgehead atoms. The van der Waals surface area contributed by atoms with Crippen LogP contribution in [0.4, 0.5) is 5.69 Å². The van der Waals surface area contributed by atoms with Crippen LogP contribution in [0.5, 0.6) is 11.5 Å². The van der Waals surface area contributed by atoms with Gasteiger partial charge in [0.15, 0.2) is 11.5 Å². The molecule has 1 aromatic carbocycles. The van der Waals surface area contributed by atoms with Crippen molar-refractivity contribution >= 4 is 17.7 Å². The first kappa shape index (κ1) is 21.6. The maximum Gasteiger partial charge on any atom is 0.248 e. The van der Waals surface area contributed by atoms with Crippen LogP contribution in [-0.2, 0) is 4.79 Å². The summed E-state index contributed by atoms with van der Waals surface area (Å²) in [6.07, 6.45) is 4.60. The number of furan rings is 1. The Balaban J connectivity index is 1.99. The third kappa shape index (κ3) is 6.46. The van der Waals surface area contributed by atoms with Crippen molar-refractivity contribution in [3.8, 4) is 11.5 Å². The molecule has 0 aliphatic carbocycles. The molecule has 2 aromatic rings. The lowest BCUT2D eigenvalue weighted by Crippen LogP contribution is -2.39. The monoisotopic (exact) mass is 386 g/mol. The first-order valence-electron chi connectivity index (χ1n) is 9.50. The van der Waals surface area contributed by atoms with Crippen molar-refractivity contribution in [2.45, 2.75) is 39.8 Å². The second kappa shape index (κ2) is 10.6. The highest BCUT2D eigenvalue weighted by Gasteiger charge is 2.14. The molecule has 0 radical (unpaired) electrons. The molecule has 0 unspecified atom stereocenters. The Labute approximate surface area is 167 Å². The third-order valence-corrected chi connectivity index (χ3v) is 4.31. The summed E-state index contributed by atoms with van der Waals surface area (Å²) in [7, 11) is 1.60. The smallest absolute Gasteiger partial charge is 0.248 e. The Bertz CT molecular complexity index is 759. The number of nitrogens with zero attached hydrogens (tertiary/aromatic N) is 1. The van der Waals surface area contributed by atoms with Crippen LogP contribution in [0.3, 0.4) is 0 Å². The molecule has 2 rings (SSSR count). The van der Waals surface area contributed by atoms with E-state index in [4.69, 9.17) is 13.9 Å². The molecule has 1 N–H and O–H groups in total. The van der Waals surface area contributed by atoms with E-state index in [-0.39, 0.29) is 5.91 Å². The van der Waals surface area contributed by atoms with Gasteiger partial charge in [0.1, 0.15) is 12.4 Å². The second-order valence-electron chi connectivity index (χ2n) is 6.98. The van der Waals surface area contributed by atoms with Gasteiger partial charge in [0.2, 0.25) is 5.91 Å². The maximum absolute atomic E-state index is 12.1. The fourth-order valence-electron chi connectivity index (χ4n) is 2.97. The molecule has 1 aromatic heterocycles. The van der Waals surface area contributed by atoms with E-state index < -0.39 is 0 Å². The van der Waals surface area contributed by atoms with Crippen LogP contribution in [-0.4, -0.2) is 43.2 Å². The van der Waals surface area contributed by atoms with Gasteiger partial charge in [-0.15, -0.1) is 0 Å². The van der Waals surface area contributed by atoms with Crippen LogP contribution < -0.4 is 14.8 Å². The molecule has 0 spiro atoms. The Morgan fingerprint density at radius 3 is 2.54 bits per heavy atom. The number of anilines is 1. The van der Waals surface area contributed by atoms with E-state index in [1.165, 1.54) is 6.08 Å². The number of nitrogens with one attached hydrogen (secondary N) is 1. The molecule has 152 valence electrons. The minimum absolute atomic E-state index is 0.252. The zero-order valence-electron chi connectivity index (χ0n) is 17.3. The lowest BCUT2D eigenvalue weighted by Gasteiger charge is -2.30. The summed E-state index contributed by atoms with van der Waals surface area (Å²) in [4.78, 5) is 14.5. The molecule has 28 heavy (non-hydrogen) atoms. The number of benzene rings is 1. The molecule has 0 aliphatic rings. The molecule has 0 aliphatic heterocycles. The first-order chi connectivity index (χ1) is 13.4. The highest BCUT2D eigenvalue weighted by Crippen LogP contribution is 2.30. The standard InChI is InChI=1S/C22H30N2O4/c1-16(2)24(17(3)4)12-14-28-21-15-18(8-10-20(21)26-5)23-22(25)11-9-19-7-6-13-27-19/h6-11,13,15-17H,12,14H2,1-5H3,(H,23,25). The zero-order chi connectivity index (χ0) is 20.5. The molecule has 0 saturated carbocycles. The van der Waals surface area contributed by atoms with Crippen molar-refractivity contribution in [3.63, 3.8) is 0 Å². The van der Waals surface area contributed by atoms with E-state index in [1.807, 2.05) is 0 Å². The van der Waals surface area contributed by atoms with Gasteiger partial charge >= 0.3 is 0 Å². The Morgan fingerprint density at radius 2 is 1.93 bits per heavy atom. The van der Waals surface area contributed by atoms with Crippen molar-refractivity contribution < 1.29 is 18.7 Å². The molecule has 0 saturated heterocycles. The molecular formula is C22H30N2O4. The van der Waals surface area contributed by atoms with Gasteiger partial charge in [-0.25, -0.2) is 0 Å². The fourth-order valence-corrected chi connectivity index (χ4v) is 2.97. The highest BCUT2D eigenvalue weighted by molar-refractivity contribution is 6.01. The summed E-state index contributed by atoms with van der Waals surface area (Å²) >= 11 is 0. The molecule has 0 fully saturated rings. The Hall–Kier alpha value is -2.73. The summed E-state index contributed by atoms with van der Waals surface area (Å²) in [5.74, 6) is 1.60. The maximum atomic E-state index is 12.1. The highest BCUT2D eigenvalue weighted by atomic mass is 16.5. The van der Waals surface area contributed by atoms with Gasteiger partial charge in [-0.2, -0.15) is 0 Å². The topological polar surface area (TPSA) is 63.9 Å². The van der Waals surface area contributed by atoms with E-state index in [0.29, 0.717) is 41.6 Å². The van der Waals surface area contributed by atoms with E-state index in [2.05, 4.69) is 37.9 Å². The van der Waals surface area contributed by atoms with Crippen LogP contribution in [0, 0.1) is 0 Å². The van der Waals surface area contributed by atoms with Crippen molar-refractivity contribution in [1.29, 1.82) is 0 Å². The van der Waals surface area contributed by atoms with Crippen LogP contribution in [0.15, 0.2) is 47.1 Å². The van der Waals surface area contributed by atoms with E-state index >= 15 is 0 Å². The zero-order valence-corrected chi connectivity index (χ0v) is 17.3. The summed E-state index contributed by atoms with van der Waals surface area (Å²) < 4.78 is 16.5. The summed E-state index contributed by atoms with van der Waals surface area (Å²) in [5, 5.41) is 2.82. The lowest BCUT2D eigenvalue weighted by atomic mass is 10.2. The second-order valence-corrected chi connectivity index (χ2v) is 6.98.